The molecule has 2 aromatic rings. The van der Waals surface area contributed by atoms with Crippen LogP contribution in [0.25, 0.3) is 6.08 Å². The minimum atomic E-state index is -0.619. The number of nitrogens with one attached hydrogen (secondary N) is 1. The van der Waals surface area contributed by atoms with Gasteiger partial charge in [-0.15, -0.1) is 0 Å². The number of aromatic hydroxyl groups is 2. The van der Waals surface area contributed by atoms with Crippen molar-refractivity contribution in [2.45, 2.75) is 0 Å². The first kappa shape index (κ1) is 17.2. The van der Waals surface area contributed by atoms with E-state index in [0.29, 0.717) is 11.3 Å². The van der Waals surface area contributed by atoms with Gasteiger partial charge in [-0.25, -0.2) is 0 Å². The molecule has 0 aliphatic rings. The van der Waals surface area contributed by atoms with Crippen molar-refractivity contribution in [3.63, 3.8) is 0 Å². The van der Waals surface area contributed by atoms with Crippen LogP contribution in [0.15, 0.2) is 42.0 Å². The van der Waals surface area contributed by atoms with E-state index in [1.165, 1.54) is 49.6 Å². The molecule has 0 saturated heterocycles. The van der Waals surface area contributed by atoms with Gasteiger partial charge in [0.1, 0.15) is 17.4 Å². The van der Waals surface area contributed by atoms with Gasteiger partial charge in [-0.3, -0.25) is 4.79 Å². The highest BCUT2D eigenvalue weighted by molar-refractivity contribution is 6.32. The van der Waals surface area contributed by atoms with Crippen LogP contribution in [0.2, 0.25) is 5.02 Å². The first-order chi connectivity index (χ1) is 11.4. The summed E-state index contributed by atoms with van der Waals surface area (Å²) in [5, 5.41) is 30.7. The highest BCUT2D eigenvalue weighted by Gasteiger charge is 2.12. The van der Waals surface area contributed by atoms with Gasteiger partial charge in [-0.2, -0.15) is 5.26 Å². The Bertz CT molecular complexity index is 839. The van der Waals surface area contributed by atoms with Crippen molar-refractivity contribution in [2.24, 2.45) is 0 Å². The number of phenolic OH excluding ortho intramolecular Hbond substituents is 2. The molecule has 2 rings (SSSR count). The molecule has 7 heteroatoms. The maximum Gasteiger partial charge on any atom is 0.266 e. The summed E-state index contributed by atoms with van der Waals surface area (Å²) in [5.41, 5.74) is 0.694. The number of carbonyl (C=O) groups excluding carboxylic acids is 1. The third-order valence-corrected chi connectivity index (χ3v) is 3.36. The van der Waals surface area contributed by atoms with Crippen LogP contribution in [-0.4, -0.2) is 23.2 Å². The number of ether oxygens (including phenoxy) is 1. The van der Waals surface area contributed by atoms with E-state index in [2.05, 4.69) is 5.32 Å². The Morgan fingerprint density at radius 1 is 1.29 bits per heavy atom. The molecule has 0 unspecified atom stereocenters. The fourth-order valence-electron chi connectivity index (χ4n) is 1.89. The molecule has 3 N–H and O–H groups in total. The van der Waals surface area contributed by atoms with Crippen molar-refractivity contribution >= 4 is 29.3 Å². The number of halogens is 1. The summed E-state index contributed by atoms with van der Waals surface area (Å²) in [6.07, 6.45) is 1.32. The normalized spacial score (nSPS) is 10.8. The van der Waals surface area contributed by atoms with E-state index in [0.717, 1.165) is 0 Å². The lowest BCUT2D eigenvalue weighted by atomic mass is 10.1. The molecule has 0 aliphatic heterocycles. The smallest absolute Gasteiger partial charge is 0.266 e. The van der Waals surface area contributed by atoms with Crippen LogP contribution < -0.4 is 10.1 Å². The molecule has 0 spiro atoms. The first-order valence-corrected chi connectivity index (χ1v) is 7.11. The van der Waals surface area contributed by atoms with E-state index in [-0.39, 0.29) is 27.8 Å². The van der Waals surface area contributed by atoms with Gasteiger partial charge in [0.2, 0.25) is 0 Å². The number of nitrogens with zero attached hydrogens (tertiary/aromatic N) is 1. The van der Waals surface area contributed by atoms with Crippen molar-refractivity contribution in [1.82, 2.24) is 0 Å². The average molecular weight is 345 g/mol. The van der Waals surface area contributed by atoms with Crippen LogP contribution >= 0.6 is 11.6 Å². The van der Waals surface area contributed by atoms with Crippen LogP contribution in [0.3, 0.4) is 0 Å². The van der Waals surface area contributed by atoms with Crippen LogP contribution in [-0.2, 0) is 4.79 Å². The molecule has 122 valence electrons. The first-order valence-electron chi connectivity index (χ1n) is 6.73. The summed E-state index contributed by atoms with van der Waals surface area (Å²) in [4.78, 5) is 12.2. The monoisotopic (exact) mass is 344 g/mol. The molecular formula is C17H13ClN2O4. The van der Waals surface area contributed by atoms with Crippen molar-refractivity contribution in [2.75, 3.05) is 12.4 Å². The molecule has 0 saturated carbocycles. The second-order valence-corrected chi connectivity index (χ2v) is 5.13. The molecule has 1 amide bonds. The van der Waals surface area contributed by atoms with E-state index in [4.69, 9.17) is 16.3 Å². The third kappa shape index (κ3) is 3.97. The lowest BCUT2D eigenvalue weighted by Crippen LogP contribution is -2.13. The lowest BCUT2D eigenvalue weighted by Gasteiger charge is -2.07. The third-order valence-electron chi connectivity index (χ3n) is 3.07. The Kier molecular flexibility index (Phi) is 5.30. The number of phenols is 2. The van der Waals surface area contributed by atoms with E-state index < -0.39 is 5.91 Å². The Morgan fingerprint density at radius 3 is 2.54 bits per heavy atom. The Morgan fingerprint density at radius 2 is 1.96 bits per heavy atom. The van der Waals surface area contributed by atoms with E-state index >= 15 is 0 Å². The summed E-state index contributed by atoms with van der Waals surface area (Å²) >= 11 is 5.88. The lowest BCUT2D eigenvalue weighted by molar-refractivity contribution is -0.112. The molecule has 0 aliphatic carbocycles. The molecule has 0 bridgehead atoms. The Hall–Kier alpha value is -3.17. The zero-order valence-electron chi connectivity index (χ0n) is 12.6. The Labute approximate surface area is 143 Å². The van der Waals surface area contributed by atoms with Gasteiger partial charge in [0.05, 0.1) is 12.1 Å². The number of rotatable bonds is 4. The average Bonchev–Trinajstić information content (AvgIpc) is 2.57. The number of carbonyl (C=O) groups is 1. The zero-order valence-corrected chi connectivity index (χ0v) is 13.3. The van der Waals surface area contributed by atoms with Gasteiger partial charge >= 0.3 is 0 Å². The minimum Gasteiger partial charge on any atom is -0.508 e. The number of anilines is 1. The molecule has 0 heterocycles. The molecule has 0 aromatic heterocycles. The van der Waals surface area contributed by atoms with Gasteiger partial charge in [0.25, 0.3) is 5.91 Å². The number of methoxy groups -OCH3 is 1. The fraction of sp³-hybridized carbons (Fsp3) is 0.0588. The summed E-state index contributed by atoms with van der Waals surface area (Å²) in [5.74, 6) is -0.644. The number of hydrogen-bond donors (Lipinski definition) is 3. The van der Waals surface area contributed by atoms with E-state index in [1.54, 1.807) is 6.07 Å². The Balaban J connectivity index is 2.29. The minimum absolute atomic E-state index is 0.0387. The molecule has 24 heavy (non-hydrogen) atoms. The van der Waals surface area contributed by atoms with Gasteiger partial charge < -0.3 is 20.3 Å². The quantitative estimate of drug-likeness (QED) is 0.448. The van der Waals surface area contributed by atoms with Crippen LogP contribution in [0, 0.1) is 11.3 Å². The second kappa shape index (κ2) is 7.40. The standard InChI is InChI=1S/C17H13ClN2O4/c1-24-15-8-10(7-14(18)16(15)22)6-11(9-19)17(23)20-12-2-4-13(21)5-3-12/h2-8,21-22H,1H3,(H,20,23)/b11-6+. The highest BCUT2D eigenvalue weighted by atomic mass is 35.5. The summed E-state index contributed by atoms with van der Waals surface area (Å²) in [7, 11) is 1.36. The molecular weight excluding hydrogens is 332 g/mol. The van der Waals surface area contributed by atoms with Crippen molar-refractivity contribution in [3.05, 3.63) is 52.6 Å². The van der Waals surface area contributed by atoms with Gasteiger partial charge in [0.15, 0.2) is 11.5 Å². The fourth-order valence-corrected chi connectivity index (χ4v) is 2.11. The van der Waals surface area contributed by atoms with Crippen LogP contribution in [0.4, 0.5) is 5.69 Å². The predicted octanol–water partition coefficient (Wildman–Crippen LogP) is 3.31. The topological polar surface area (TPSA) is 103 Å². The molecule has 0 fully saturated rings. The van der Waals surface area contributed by atoms with Crippen molar-refractivity contribution < 1.29 is 19.7 Å². The van der Waals surface area contributed by atoms with Gasteiger partial charge in [-0.05, 0) is 48.0 Å². The largest absolute Gasteiger partial charge is 0.508 e. The summed E-state index contributed by atoms with van der Waals surface area (Å²) in [6.45, 7) is 0. The predicted molar refractivity (Wildman–Crippen MR) is 90.0 cm³/mol. The maximum absolute atomic E-state index is 12.2. The van der Waals surface area contributed by atoms with Crippen LogP contribution in [0.5, 0.6) is 17.2 Å². The number of benzene rings is 2. The zero-order chi connectivity index (χ0) is 17.7. The van der Waals surface area contributed by atoms with E-state index in [9.17, 15) is 20.3 Å². The summed E-state index contributed by atoms with van der Waals surface area (Å²) in [6, 6.07) is 10.5. The van der Waals surface area contributed by atoms with Gasteiger partial charge in [0, 0.05) is 5.69 Å². The second-order valence-electron chi connectivity index (χ2n) is 4.72. The maximum atomic E-state index is 12.2. The SMILES string of the molecule is COc1cc(/C=C(\C#N)C(=O)Nc2ccc(O)cc2)cc(Cl)c1O. The van der Waals surface area contributed by atoms with Crippen molar-refractivity contribution in [1.29, 1.82) is 5.26 Å². The van der Waals surface area contributed by atoms with Crippen LogP contribution in [0.1, 0.15) is 5.56 Å². The summed E-state index contributed by atoms with van der Waals surface area (Å²) < 4.78 is 4.98. The van der Waals surface area contributed by atoms with Gasteiger partial charge in [-0.1, -0.05) is 11.6 Å². The molecule has 0 radical (unpaired) electrons. The highest BCUT2D eigenvalue weighted by Crippen LogP contribution is 2.35. The number of nitriles is 1. The van der Waals surface area contributed by atoms with Crippen molar-refractivity contribution in [3.8, 4) is 23.3 Å². The van der Waals surface area contributed by atoms with E-state index in [1.807, 2.05) is 0 Å². The molecule has 6 nitrogen and oxygen atoms in total. The number of amides is 1. The molecule has 0 atom stereocenters. The molecule has 2 aromatic carbocycles. The number of hydrogen-bond acceptors (Lipinski definition) is 5.